The van der Waals surface area contributed by atoms with Crippen LogP contribution in [0.15, 0.2) is 12.1 Å². The van der Waals surface area contributed by atoms with Crippen LogP contribution in [0.5, 0.6) is 17.2 Å². The van der Waals surface area contributed by atoms with E-state index in [1.165, 1.54) is 0 Å². The number of rotatable bonds is 10. The minimum absolute atomic E-state index is 0.302. The number of benzene rings is 1. The molecule has 4 nitrogen and oxygen atoms in total. The Balaban J connectivity index is 2.86. The summed E-state index contributed by atoms with van der Waals surface area (Å²) in [5, 5.41) is 3.32. The first-order chi connectivity index (χ1) is 9.76. The quantitative estimate of drug-likeness (QED) is 0.671. The second-order valence-corrected chi connectivity index (χ2v) is 4.40. The van der Waals surface area contributed by atoms with Gasteiger partial charge in [0.1, 0.15) is 0 Å². The molecule has 5 heteroatoms. The minimum Gasteiger partial charge on any atom is -0.493 e. The fraction of sp³-hybridized carbons (Fsp3) is 0.600. The summed E-state index contributed by atoms with van der Waals surface area (Å²) in [4.78, 5) is 0. The average Bonchev–Trinajstić information content (AvgIpc) is 2.48. The molecule has 0 saturated heterocycles. The Labute approximate surface area is 120 Å². The van der Waals surface area contributed by atoms with E-state index in [0.717, 1.165) is 25.1 Å². The third-order valence-corrected chi connectivity index (χ3v) is 2.80. The molecule has 0 atom stereocenters. The predicted molar refractivity (Wildman–Crippen MR) is 77.6 cm³/mol. The monoisotopic (exact) mass is 285 g/mol. The number of ether oxygens (including phenoxy) is 3. The molecule has 20 heavy (non-hydrogen) atoms. The van der Waals surface area contributed by atoms with Crippen LogP contribution in [0, 0.1) is 0 Å². The SMILES string of the molecule is CCCNCc1cc(OC)c(OCCCF)c(OC)c1. The molecular weight excluding hydrogens is 261 g/mol. The molecule has 1 N–H and O–H groups in total. The highest BCUT2D eigenvalue weighted by Gasteiger charge is 2.14. The Morgan fingerprint density at radius 3 is 2.30 bits per heavy atom. The van der Waals surface area contributed by atoms with Gasteiger partial charge in [-0.25, -0.2) is 0 Å². The second kappa shape index (κ2) is 9.42. The van der Waals surface area contributed by atoms with Gasteiger partial charge in [-0.15, -0.1) is 0 Å². The summed E-state index contributed by atoms with van der Waals surface area (Å²) in [7, 11) is 3.17. The maximum absolute atomic E-state index is 12.1. The fourth-order valence-electron chi connectivity index (χ4n) is 1.82. The molecule has 0 aromatic heterocycles. The average molecular weight is 285 g/mol. The van der Waals surface area contributed by atoms with E-state index in [1.54, 1.807) is 14.2 Å². The topological polar surface area (TPSA) is 39.7 Å². The van der Waals surface area contributed by atoms with Crippen molar-refractivity contribution in [2.45, 2.75) is 26.3 Å². The lowest BCUT2D eigenvalue weighted by Gasteiger charge is -2.16. The van der Waals surface area contributed by atoms with Crippen molar-refractivity contribution in [1.82, 2.24) is 5.32 Å². The van der Waals surface area contributed by atoms with Crippen molar-refractivity contribution in [3.63, 3.8) is 0 Å². The Hall–Kier alpha value is -1.49. The molecule has 0 fully saturated rings. The number of methoxy groups -OCH3 is 2. The first kappa shape index (κ1) is 16.6. The summed E-state index contributed by atoms with van der Waals surface area (Å²) >= 11 is 0. The van der Waals surface area contributed by atoms with E-state index in [-0.39, 0.29) is 0 Å². The summed E-state index contributed by atoms with van der Waals surface area (Å²) in [6, 6.07) is 3.83. The third kappa shape index (κ3) is 4.89. The van der Waals surface area contributed by atoms with Gasteiger partial charge in [0, 0.05) is 13.0 Å². The van der Waals surface area contributed by atoms with Gasteiger partial charge < -0.3 is 19.5 Å². The van der Waals surface area contributed by atoms with Crippen molar-refractivity contribution in [2.24, 2.45) is 0 Å². The number of alkyl halides is 1. The van der Waals surface area contributed by atoms with Crippen molar-refractivity contribution in [3.05, 3.63) is 17.7 Å². The molecule has 0 unspecified atom stereocenters. The smallest absolute Gasteiger partial charge is 0.203 e. The molecular formula is C15H24FNO3. The van der Waals surface area contributed by atoms with E-state index in [0.29, 0.717) is 30.3 Å². The highest BCUT2D eigenvalue weighted by atomic mass is 19.1. The third-order valence-electron chi connectivity index (χ3n) is 2.80. The Morgan fingerprint density at radius 1 is 1.15 bits per heavy atom. The van der Waals surface area contributed by atoms with E-state index in [1.807, 2.05) is 12.1 Å². The molecule has 114 valence electrons. The van der Waals surface area contributed by atoms with Gasteiger partial charge in [-0.2, -0.15) is 0 Å². The van der Waals surface area contributed by atoms with Crippen LogP contribution in [0.4, 0.5) is 4.39 Å². The van der Waals surface area contributed by atoms with Gasteiger partial charge in [0.15, 0.2) is 11.5 Å². The number of halogens is 1. The zero-order chi connectivity index (χ0) is 14.8. The molecule has 0 saturated carbocycles. The van der Waals surface area contributed by atoms with Crippen molar-refractivity contribution < 1.29 is 18.6 Å². The van der Waals surface area contributed by atoms with Crippen molar-refractivity contribution in [1.29, 1.82) is 0 Å². The maximum atomic E-state index is 12.1. The van der Waals surface area contributed by atoms with Crippen LogP contribution in [-0.2, 0) is 6.54 Å². The molecule has 0 amide bonds. The zero-order valence-electron chi connectivity index (χ0n) is 12.5. The minimum atomic E-state index is -0.399. The van der Waals surface area contributed by atoms with E-state index in [4.69, 9.17) is 14.2 Å². The van der Waals surface area contributed by atoms with Gasteiger partial charge in [0.2, 0.25) is 5.75 Å². The van der Waals surface area contributed by atoms with Gasteiger partial charge in [0.05, 0.1) is 27.5 Å². The predicted octanol–water partition coefficient (Wildman–Crippen LogP) is 2.94. The van der Waals surface area contributed by atoms with E-state index in [9.17, 15) is 4.39 Å². The van der Waals surface area contributed by atoms with Gasteiger partial charge in [-0.1, -0.05) is 6.92 Å². The van der Waals surface area contributed by atoms with Crippen molar-refractivity contribution >= 4 is 0 Å². The van der Waals surface area contributed by atoms with Crippen LogP contribution in [0.25, 0.3) is 0 Å². The van der Waals surface area contributed by atoms with E-state index in [2.05, 4.69) is 12.2 Å². The molecule has 0 radical (unpaired) electrons. The molecule has 0 aliphatic heterocycles. The Kier molecular flexibility index (Phi) is 7.80. The van der Waals surface area contributed by atoms with Gasteiger partial charge in [-0.05, 0) is 30.7 Å². The van der Waals surface area contributed by atoms with E-state index < -0.39 is 6.67 Å². The summed E-state index contributed by atoms with van der Waals surface area (Å²) in [6.45, 7) is 3.72. The highest BCUT2D eigenvalue weighted by molar-refractivity contribution is 5.53. The van der Waals surface area contributed by atoms with E-state index >= 15 is 0 Å². The first-order valence-electron chi connectivity index (χ1n) is 6.91. The van der Waals surface area contributed by atoms with Crippen LogP contribution in [0.3, 0.4) is 0 Å². The molecule has 0 aliphatic rings. The molecule has 1 aromatic rings. The lowest BCUT2D eigenvalue weighted by molar-refractivity contribution is 0.258. The molecule has 0 aliphatic carbocycles. The Morgan fingerprint density at radius 2 is 1.80 bits per heavy atom. The van der Waals surface area contributed by atoms with Crippen LogP contribution < -0.4 is 19.5 Å². The summed E-state index contributed by atoms with van der Waals surface area (Å²) in [5.41, 5.74) is 1.06. The summed E-state index contributed by atoms with van der Waals surface area (Å²) in [6.07, 6.45) is 1.44. The van der Waals surface area contributed by atoms with Crippen LogP contribution in [0.2, 0.25) is 0 Å². The van der Waals surface area contributed by atoms with Crippen LogP contribution >= 0.6 is 0 Å². The molecule has 0 spiro atoms. The molecule has 1 rings (SSSR count). The molecule has 1 aromatic carbocycles. The number of nitrogens with one attached hydrogen (secondary N) is 1. The number of hydrogen-bond donors (Lipinski definition) is 1. The fourth-order valence-corrected chi connectivity index (χ4v) is 1.82. The Bertz CT molecular complexity index is 374. The van der Waals surface area contributed by atoms with Gasteiger partial charge in [-0.3, -0.25) is 4.39 Å². The summed E-state index contributed by atoms with van der Waals surface area (Å²) in [5.74, 6) is 1.75. The second-order valence-electron chi connectivity index (χ2n) is 4.40. The number of hydrogen-bond acceptors (Lipinski definition) is 4. The molecule has 0 bridgehead atoms. The van der Waals surface area contributed by atoms with Crippen molar-refractivity contribution in [3.8, 4) is 17.2 Å². The lowest BCUT2D eigenvalue weighted by Crippen LogP contribution is -2.14. The zero-order valence-corrected chi connectivity index (χ0v) is 12.5. The van der Waals surface area contributed by atoms with Gasteiger partial charge >= 0.3 is 0 Å². The van der Waals surface area contributed by atoms with Crippen molar-refractivity contribution in [2.75, 3.05) is 34.0 Å². The highest BCUT2D eigenvalue weighted by Crippen LogP contribution is 2.38. The van der Waals surface area contributed by atoms with Crippen LogP contribution in [0.1, 0.15) is 25.3 Å². The summed E-state index contributed by atoms with van der Waals surface area (Å²) < 4.78 is 28.4. The van der Waals surface area contributed by atoms with Crippen LogP contribution in [-0.4, -0.2) is 34.0 Å². The normalized spacial score (nSPS) is 10.4. The lowest BCUT2D eigenvalue weighted by atomic mass is 10.1. The molecule has 0 heterocycles. The van der Waals surface area contributed by atoms with Gasteiger partial charge in [0.25, 0.3) is 0 Å². The standard InChI is InChI=1S/C15H24FNO3/c1-4-7-17-11-12-9-13(18-2)15(14(10-12)19-3)20-8-5-6-16/h9-10,17H,4-8,11H2,1-3H3. The first-order valence-corrected chi connectivity index (χ1v) is 6.91. The maximum Gasteiger partial charge on any atom is 0.203 e. The largest absolute Gasteiger partial charge is 0.493 e.